The Morgan fingerprint density at radius 2 is 1.77 bits per heavy atom. The molecule has 0 fully saturated rings. The van der Waals surface area contributed by atoms with Gasteiger partial charge in [-0.05, 0) is 30.7 Å². The van der Waals surface area contributed by atoms with Gasteiger partial charge in [0.2, 0.25) is 0 Å². The highest BCUT2D eigenvalue weighted by molar-refractivity contribution is 6.22. The first kappa shape index (κ1) is 21.0. The Balaban J connectivity index is 1.64. The molecule has 2 aromatic rings. The van der Waals surface area contributed by atoms with Crippen molar-refractivity contribution in [1.82, 2.24) is 9.80 Å². The Kier molecular flexibility index (Phi) is 6.41. The molecular formula is C23H22N2O5. The average molecular weight is 406 g/mol. The molecule has 0 radical (unpaired) electrons. The lowest BCUT2D eigenvalue weighted by Gasteiger charge is -2.20. The van der Waals surface area contributed by atoms with Gasteiger partial charge in [0.25, 0.3) is 17.7 Å². The number of hydrogen-bond donors (Lipinski definition) is 0. The summed E-state index contributed by atoms with van der Waals surface area (Å²) < 4.78 is 5.15. The number of likely N-dealkylation sites (N-methyl/N-ethyl adjacent to an activating group) is 1. The van der Waals surface area contributed by atoms with Crippen LogP contribution in [0.2, 0.25) is 0 Å². The van der Waals surface area contributed by atoms with Gasteiger partial charge in [0.1, 0.15) is 0 Å². The van der Waals surface area contributed by atoms with Crippen LogP contribution in [0.1, 0.15) is 43.6 Å². The fourth-order valence-electron chi connectivity index (χ4n) is 3.19. The van der Waals surface area contributed by atoms with Crippen molar-refractivity contribution in [2.45, 2.75) is 13.5 Å². The summed E-state index contributed by atoms with van der Waals surface area (Å²) in [5, 5.41) is 0. The molecule has 0 spiro atoms. The third kappa shape index (κ3) is 4.30. The minimum atomic E-state index is -0.732. The zero-order valence-electron chi connectivity index (χ0n) is 16.7. The van der Waals surface area contributed by atoms with Gasteiger partial charge in [0.05, 0.1) is 16.7 Å². The van der Waals surface area contributed by atoms with E-state index in [-0.39, 0.29) is 29.1 Å². The molecule has 7 nitrogen and oxygen atoms in total. The zero-order valence-corrected chi connectivity index (χ0v) is 16.7. The summed E-state index contributed by atoms with van der Waals surface area (Å²) in [6, 6.07) is 13.7. The molecule has 1 aliphatic rings. The standard InChI is InChI=1S/C23H22N2O5/c1-3-12-25-21(27)18-11-10-17(13-19(18)22(25)28)23(29)30-15-20(26)24(4-2)14-16-8-6-5-7-9-16/h3,5-11,13H,1,4,12,14-15H2,2H3. The smallest absolute Gasteiger partial charge is 0.338 e. The number of imide groups is 1. The predicted molar refractivity (Wildman–Crippen MR) is 110 cm³/mol. The van der Waals surface area contributed by atoms with Gasteiger partial charge >= 0.3 is 5.97 Å². The first-order chi connectivity index (χ1) is 14.5. The van der Waals surface area contributed by atoms with Crippen LogP contribution in [0, 0.1) is 0 Å². The van der Waals surface area contributed by atoms with E-state index in [4.69, 9.17) is 4.74 Å². The van der Waals surface area contributed by atoms with Gasteiger partial charge in [0, 0.05) is 19.6 Å². The fourth-order valence-corrected chi connectivity index (χ4v) is 3.19. The number of ether oxygens (including phenoxy) is 1. The second kappa shape index (κ2) is 9.17. The first-order valence-electron chi connectivity index (χ1n) is 9.56. The Bertz CT molecular complexity index is 1000. The van der Waals surface area contributed by atoms with Crippen LogP contribution in [0.5, 0.6) is 0 Å². The number of amides is 3. The lowest BCUT2D eigenvalue weighted by molar-refractivity contribution is -0.134. The van der Waals surface area contributed by atoms with E-state index in [1.807, 2.05) is 37.3 Å². The molecule has 1 heterocycles. The molecule has 0 aromatic heterocycles. The first-order valence-corrected chi connectivity index (χ1v) is 9.56. The summed E-state index contributed by atoms with van der Waals surface area (Å²) in [6.45, 7) is 5.95. The van der Waals surface area contributed by atoms with Gasteiger partial charge in [-0.15, -0.1) is 6.58 Å². The molecule has 0 N–H and O–H groups in total. The topological polar surface area (TPSA) is 84.0 Å². The lowest BCUT2D eigenvalue weighted by Crippen LogP contribution is -2.34. The van der Waals surface area contributed by atoms with Crippen LogP contribution in [0.4, 0.5) is 0 Å². The number of benzene rings is 2. The van der Waals surface area contributed by atoms with Gasteiger partial charge in [-0.25, -0.2) is 4.79 Å². The summed E-state index contributed by atoms with van der Waals surface area (Å²) >= 11 is 0. The molecule has 30 heavy (non-hydrogen) atoms. The van der Waals surface area contributed by atoms with Gasteiger partial charge in [-0.3, -0.25) is 19.3 Å². The van der Waals surface area contributed by atoms with E-state index in [1.165, 1.54) is 24.3 Å². The maximum atomic E-state index is 12.4. The summed E-state index contributed by atoms with van der Waals surface area (Å²) in [5.41, 5.74) is 1.45. The van der Waals surface area contributed by atoms with Crippen molar-refractivity contribution < 1.29 is 23.9 Å². The molecule has 0 bridgehead atoms. The number of rotatable bonds is 8. The predicted octanol–water partition coefficient (Wildman–Crippen LogP) is 2.67. The van der Waals surface area contributed by atoms with E-state index in [0.717, 1.165) is 10.5 Å². The number of esters is 1. The summed E-state index contributed by atoms with van der Waals surface area (Å²) in [5.74, 6) is -1.96. The molecule has 3 rings (SSSR count). The van der Waals surface area contributed by atoms with Gasteiger partial charge in [-0.1, -0.05) is 36.4 Å². The van der Waals surface area contributed by atoms with Crippen LogP contribution in [-0.4, -0.2) is 53.2 Å². The molecule has 0 saturated heterocycles. The zero-order chi connectivity index (χ0) is 21.7. The molecule has 154 valence electrons. The van der Waals surface area contributed by atoms with E-state index < -0.39 is 24.4 Å². The SMILES string of the molecule is C=CCN1C(=O)c2ccc(C(=O)OCC(=O)N(CC)Cc3ccccc3)cc2C1=O. The van der Waals surface area contributed by atoms with Gasteiger partial charge < -0.3 is 9.64 Å². The van der Waals surface area contributed by atoms with E-state index in [2.05, 4.69) is 6.58 Å². The van der Waals surface area contributed by atoms with Crippen molar-refractivity contribution in [3.05, 3.63) is 83.4 Å². The highest BCUT2D eigenvalue weighted by Crippen LogP contribution is 2.24. The molecule has 3 amide bonds. The quantitative estimate of drug-likeness (QED) is 0.382. The van der Waals surface area contributed by atoms with E-state index in [1.54, 1.807) is 4.90 Å². The Morgan fingerprint density at radius 1 is 1.07 bits per heavy atom. The Hall–Kier alpha value is -3.74. The van der Waals surface area contributed by atoms with Crippen molar-refractivity contribution in [3.63, 3.8) is 0 Å². The Morgan fingerprint density at radius 3 is 2.43 bits per heavy atom. The molecule has 2 aromatic carbocycles. The molecule has 0 saturated carbocycles. The highest BCUT2D eigenvalue weighted by Gasteiger charge is 2.35. The van der Waals surface area contributed by atoms with E-state index in [9.17, 15) is 19.2 Å². The molecule has 0 unspecified atom stereocenters. The van der Waals surface area contributed by atoms with Gasteiger partial charge in [-0.2, -0.15) is 0 Å². The number of carbonyl (C=O) groups excluding carboxylic acids is 4. The van der Waals surface area contributed by atoms with Crippen LogP contribution in [0.3, 0.4) is 0 Å². The normalized spacial score (nSPS) is 12.5. The molecule has 0 atom stereocenters. The molecule has 0 aliphatic carbocycles. The van der Waals surface area contributed by atoms with Crippen LogP contribution in [0.25, 0.3) is 0 Å². The van der Waals surface area contributed by atoms with E-state index >= 15 is 0 Å². The average Bonchev–Trinajstić information content (AvgIpc) is 3.01. The Labute approximate surface area is 174 Å². The van der Waals surface area contributed by atoms with Crippen molar-refractivity contribution >= 4 is 23.7 Å². The summed E-state index contributed by atoms with van der Waals surface area (Å²) in [4.78, 5) is 52.1. The third-order valence-electron chi connectivity index (χ3n) is 4.80. The number of nitrogens with zero attached hydrogens (tertiary/aromatic N) is 2. The molecule has 1 aliphatic heterocycles. The van der Waals surface area contributed by atoms with Crippen LogP contribution < -0.4 is 0 Å². The second-order valence-corrected chi connectivity index (χ2v) is 6.74. The summed E-state index contributed by atoms with van der Waals surface area (Å²) in [6.07, 6.45) is 1.46. The van der Waals surface area contributed by atoms with E-state index in [0.29, 0.717) is 13.1 Å². The van der Waals surface area contributed by atoms with Crippen molar-refractivity contribution in [2.24, 2.45) is 0 Å². The monoisotopic (exact) mass is 406 g/mol. The largest absolute Gasteiger partial charge is 0.452 e. The number of carbonyl (C=O) groups is 4. The van der Waals surface area contributed by atoms with Gasteiger partial charge in [0.15, 0.2) is 6.61 Å². The number of hydrogen-bond acceptors (Lipinski definition) is 5. The maximum Gasteiger partial charge on any atom is 0.338 e. The van der Waals surface area contributed by atoms with Crippen LogP contribution >= 0.6 is 0 Å². The summed E-state index contributed by atoms with van der Waals surface area (Å²) in [7, 11) is 0. The van der Waals surface area contributed by atoms with Crippen LogP contribution in [-0.2, 0) is 16.1 Å². The highest BCUT2D eigenvalue weighted by atomic mass is 16.5. The third-order valence-corrected chi connectivity index (χ3v) is 4.80. The molecular weight excluding hydrogens is 384 g/mol. The van der Waals surface area contributed by atoms with Crippen molar-refractivity contribution in [2.75, 3.05) is 19.7 Å². The lowest BCUT2D eigenvalue weighted by atomic mass is 10.1. The second-order valence-electron chi connectivity index (χ2n) is 6.74. The molecule has 7 heteroatoms. The van der Waals surface area contributed by atoms with Crippen molar-refractivity contribution in [1.29, 1.82) is 0 Å². The van der Waals surface area contributed by atoms with Crippen molar-refractivity contribution in [3.8, 4) is 0 Å². The number of fused-ring (bicyclic) bond motifs is 1. The minimum Gasteiger partial charge on any atom is -0.452 e. The maximum absolute atomic E-state index is 12.4. The van der Waals surface area contributed by atoms with Crippen LogP contribution in [0.15, 0.2) is 61.2 Å². The fraction of sp³-hybridized carbons (Fsp3) is 0.217. The minimum absolute atomic E-state index is 0.0922.